The van der Waals surface area contributed by atoms with Gasteiger partial charge in [0.1, 0.15) is 11.9 Å². The third kappa shape index (κ3) is 4.89. The number of carboxylic acid groups (broad SMARTS) is 1. The predicted octanol–water partition coefficient (Wildman–Crippen LogP) is 4.02. The van der Waals surface area contributed by atoms with E-state index in [1.807, 2.05) is 19.1 Å². The first kappa shape index (κ1) is 24.8. The van der Waals surface area contributed by atoms with Crippen molar-refractivity contribution in [2.45, 2.75) is 52.1 Å². The van der Waals surface area contributed by atoms with E-state index in [9.17, 15) is 14.7 Å². The van der Waals surface area contributed by atoms with Crippen LogP contribution in [0.4, 0.5) is 11.5 Å². The summed E-state index contributed by atoms with van der Waals surface area (Å²) in [6.45, 7) is 6.18. The number of rotatable bonds is 6. The van der Waals surface area contributed by atoms with Crippen molar-refractivity contribution < 1.29 is 24.2 Å². The Morgan fingerprint density at radius 3 is 2.65 bits per heavy atom. The Kier molecular flexibility index (Phi) is 6.61. The summed E-state index contributed by atoms with van der Waals surface area (Å²) in [5.74, 6) is 4.61. The van der Waals surface area contributed by atoms with Crippen molar-refractivity contribution in [3.63, 3.8) is 0 Å². The van der Waals surface area contributed by atoms with Crippen molar-refractivity contribution in [1.29, 1.82) is 0 Å². The van der Waals surface area contributed by atoms with Gasteiger partial charge in [-0.05, 0) is 80.3 Å². The molecule has 3 heterocycles. The number of benzene rings is 1. The minimum atomic E-state index is -0.911. The number of pyridine rings is 1. The fraction of sp³-hybridized carbons (Fsp3) is 0.429. The maximum absolute atomic E-state index is 13.4. The maximum atomic E-state index is 13.4. The molecule has 0 radical (unpaired) electrons. The summed E-state index contributed by atoms with van der Waals surface area (Å²) in [5.41, 5.74) is 5.39. The van der Waals surface area contributed by atoms with Gasteiger partial charge in [-0.25, -0.2) is 4.98 Å². The van der Waals surface area contributed by atoms with Gasteiger partial charge in [-0.2, -0.15) is 0 Å². The smallest absolute Gasteiger partial charge is 0.308 e. The molecule has 1 amide bonds. The Morgan fingerprint density at radius 1 is 1.19 bits per heavy atom. The largest absolute Gasteiger partial charge is 0.481 e. The van der Waals surface area contributed by atoms with Crippen molar-refractivity contribution in [2.75, 3.05) is 18.1 Å². The van der Waals surface area contributed by atoms with E-state index < -0.39 is 18.0 Å². The Bertz CT molecular complexity index is 1450. The molecule has 1 N–H and O–H groups in total. The first-order chi connectivity index (χ1) is 17.8. The third-order valence-electron chi connectivity index (χ3n) is 7.01. The van der Waals surface area contributed by atoms with E-state index in [1.54, 1.807) is 29.6 Å². The van der Waals surface area contributed by atoms with Crippen LogP contribution in [0.1, 0.15) is 48.8 Å². The van der Waals surface area contributed by atoms with Gasteiger partial charge < -0.3 is 14.6 Å². The van der Waals surface area contributed by atoms with Gasteiger partial charge in [0.2, 0.25) is 0 Å². The van der Waals surface area contributed by atoms with Crippen LogP contribution in [-0.2, 0) is 21.4 Å². The Hall–Kier alpha value is -3.90. The lowest BCUT2D eigenvalue weighted by atomic mass is 9.99. The lowest BCUT2D eigenvalue weighted by molar-refractivity contribution is -0.149. The molecule has 1 unspecified atom stereocenters. The van der Waals surface area contributed by atoms with Gasteiger partial charge in [-0.1, -0.05) is 12.0 Å². The van der Waals surface area contributed by atoms with Gasteiger partial charge in [-0.3, -0.25) is 19.2 Å². The summed E-state index contributed by atoms with van der Waals surface area (Å²) < 4.78 is 13.2. The van der Waals surface area contributed by atoms with Gasteiger partial charge >= 0.3 is 11.9 Å². The second-order valence-electron chi connectivity index (χ2n) is 9.80. The zero-order valence-corrected chi connectivity index (χ0v) is 21.4. The molecule has 3 aromatic rings. The molecule has 192 valence electrons. The van der Waals surface area contributed by atoms with Crippen LogP contribution in [0.2, 0.25) is 0 Å². The summed E-state index contributed by atoms with van der Waals surface area (Å²) in [5, 5.41) is 13.9. The molecule has 9 heteroatoms. The molecular formula is C28H30N4O5. The summed E-state index contributed by atoms with van der Waals surface area (Å²) >= 11 is 0. The van der Waals surface area contributed by atoms with Crippen molar-refractivity contribution in [1.82, 2.24) is 14.8 Å². The number of carbonyl (C=O) groups is 2. The molecule has 1 saturated carbocycles. The van der Waals surface area contributed by atoms with E-state index in [1.165, 1.54) is 5.56 Å². The number of aryl methyl sites for hydroxylation is 3. The highest BCUT2D eigenvalue weighted by Crippen LogP contribution is 2.46. The molecule has 2 fully saturated rings. The molecule has 1 aromatic carbocycles. The maximum Gasteiger partial charge on any atom is 0.308 e. The normalized spacial score (nSPS) is 19.2. The Balaban J connectivity index is 1.58. The number of carboxylic acids is 1. The quantitative estimate of drug-likeness (QED) is 0.508. The van der Waals surface area contributed by atoms with Gasteiger partial charge in [0.25, 0.3) is 5.88 Å². The molecule has 9 nitrogen and oxygen atoms in total. The van der Waals surface area contributed by atoms with Crippen LogP contribution in [0.15, 0.2) is 24.3 Å². The van der Waals surface area contributed by atoms with Gasteiger partial charge in [-0.15, -0.1) is 5.10 Å². The zero-order valence-electron chi connectivity index (χ0n) is 21.4. The molecule has 2 aromatic heterocycles. The number of nitrogens with zero attached hydrogens (tertiary/aromatic N) is 4. The molecule has 1 saturated heterocycles. The van der Waals surface area contributed by atoms with Gasteiger partial charge in [0.15, 0.2) is 5.52 Å². The van der Waals surface area contributed by atoms with E-state index in [0.29, 0.717) is 23.7 Å². The summed E-state index contributed by atoms with van der Waals surface area (Å²) in [4.78, 5) is 31.2. The number of anilines is 2. The number of carbonyl (C=O) groups excluding carboxylic acids is 1. The lowest BCUT2D eigenvalue weighted by Gasteiger charge is -2.26. The number of hydrogen-bond acceptors (Lipinski definition) is 6. The Morgan fingerprint density at radius 2 is 1.95 bits per heavy atom. The van der Waals surface area contributed by atoms with E-state index in [0.717, 1.165) is 35.2 Å². The monoisotopic (exact) mass is 502 g/mol. The van der Waals surface area contributed by atoms with E-state index in [2.05, 4.69) is 29.9 Å². The predicted molar refractivity (Wildman–Crippen MR) is 138 cm³/mol. The van der Waals surface area contributed by atoms with E-state index >= 15 is 0 Å². The van der Waals surface area contributed by atoms with Crippen LogP contribution in [-0.4, -0.2) is 51.1 Å². The molecule has 0 spiro atoms. The first-order valence-electron chi connectivity index (χ1n) is 12.5. The molecular weight excluding hydrogens is 472 g/mol. The number of fused-ring (bicyclic) bond motifs is 1. The van der Waals surface area contributed by atoms with Gasteiger partial charge in [0.05, 0.1) is 30.3 Å². The lowest BCUT2D eigenvalue weighted by Crippen LogP contribution is -2.37. The van der Waals surface area contributed by atoms with Crippen LogP contribution < -0.4 is 9.64 Å². The minimum absolute atomic E-state index is 0.162. The third-order valence-corrected chi connectivity index (χ3v) is 7.01. The standard InChI is InChI=1S/C28H30N4O5/c1-5-6-25(33)32(23-12-17(3)16(2)11-21(23)18-7-8-18)24-10-9-22-26(29-24)27(30-31(22)4)37-20-13-19(28(34)35)14-36-15-20/h9-12,18-20H,7-8,13-15H2,1-4H3,(H,34,35)/t19?,20-/m1/s1. The van der Waals surface area contributed by atoms with Crippen molar-refractivity contribution >= 4 is 34.4 Å². The first-order valence-corrected chi connectivity index (χ1v) is 12.5. The molecule has 1 aliphatic carbocycles. The number of amides is 1. The fourth-order valence-electron chi connectivity index (χ4n) is 4.75. The number of aromatic nitrogens is 3. The number of aliphatic carboxylic acids is 1. The fourth-order valence-corrected chi connectivity index (χ4v) is 4.75. The van der Waals surface area contributed by atoms with Gasteiger partial charge in [0, 0.05) is 13.5 Å². The van der Waals surface area contributed by atoms with Crippen molar-refractivity contribution in [2.24, 2.45) is 13.0 Å². The molecule has 2 atom stereocenters. The number of ether oxygens (including phenoxy) is 2. The highest BCUT2D eigenvalue weighted by atomic mass is 16.5. The van der Waals surface area contributed by atoms with Crippen LogP contribution >= 0.6 is 0 Å². The van der Waals surface area contributed by atoms with Crippen LogP contribution in [0.25, 0.3) is 11.0 Å². The summed E-state index contributed by atoms with van der Waals surface area (Å²) in [6.07, 6.45) is 2.02. The summed E-state index contributed by atoms with van der Waals surface area (Å²) in [6, 6.07) is 7.85. The van der Waals surface area contributed by atoms with Crippen molar-refractivity contribution in [3.8, 4) is 17.7 Å². The van der Waals surface area contributed by atoms with Crippen LogP contribution in [0.3, 0.4) is 0 Å². The van der Waals surface area contributed by atoms with Crippen LogP contribution in [0.5, 0.6) is 5.88 Å². The molecule has 2 aliphatic rings. The minimum Gasteiger partial charge on any atom is -0.481 e. The second-order valence-corrected chi connectivity index (χ2v) is 9.80. The second kappa shape index (κ2) is 9.87. The average Bonchev–Trinajstić information content (AvgIpc) is 3.67. The topological polar surface area (TPSA) is 107 Å². The van der Waals surface area contributed by atoms with E-state index in [4.69, 9.17) is 14.5 Å². The molecule has 5 rings (SSSR count). The zero-order chi connectivity index (χ0) is 26.3. The average molecular weight is 503 g/mol. The summed E-state index contributed by atoms with van der Waals surface area (Å²) in [7, 11) is 1.79. The highest BCUT2D eigenvalue weighted by Gasteiger charge is 2.32. The molecule has 37 heavy (non-hydrogen) atoms. The SMILES string of the molecule is CC#CC(=O)N(c1ccc2c(n1)c(O[C@H]1COCC(C(=O)O)C1)nn2C)c1cc(C)c(C)cc1C1CC1. The highest BCUT2D eigenvalue weighted by molar-refractivity contribution is 6.11. The van der Waals surface area contributed by atoms with E-state index in [-0.39, 0.29) is 25.0 Å². The Labute approximate surface area is 215 Å². The molecule has 1 aliphatic heterocycles. The van der Waals surface area contributed by atoms with Crippen LogP contribution in [0, 0.1) is 31.6 Å². The molecule has 0 bridgehead atoms. The van der Waals surface area contributed by atoms with Crippen molar-refractivity contribution in [3.05, 3.63) is 41.0 Å². The number of hydrogen-bond donors (Lipinski definition) is 1.